The first-order chi connectivity index (χ1) is 15.5. The van der Waals surface area contributed by atoms with Crippen LogP contribution in [0, 0.1) is 0 Å². The molecule has 32 heavy (non-hydrogen) atoms. The van der Waals surface area contributed by atoms with E-state index < -0.39 is 0 Å². The number of pyridine rings is 1. The quantitative estimate of drug-likeness (QED) is 0.277. The number of hydrogen-bond donors (Lipinski definition) is 2. The summed E-state index contributed by atoms with van der Waals surface area (Å²) in [5, 5.41) is 1.04. The summed E-state index contributed by atoms with van der Waals surface area (Å²) in [4.78, 5) is 10.2. The Labute approximate surface area is 191 Å². The van der Waals surface area contributed by atoms with Crippen LogP contribution in [0.4, 0.5) is 5.69 Å². The smallest absolute Gasteiger partial charge is 0.137 e. The average Bonchev–Trinajstić information content (AvgIpc) is 3.22. The molecule has 3 aromatic rings. The monoisotopic (exact) mass is 424 g/mol. The Hall–Kier alpha value is -3.79. The van der Waals surface area contributed by atoms with Crippen molar-refractivity contribution in [1.29, 1.82) is 0 Å². The predicted molar refractivity (Wildman–Crippen MR) is 140 cm³/mol. The van der Waals surface area contributed by atoms with Gasteiger partial charge in [0.25, 0.3) is 0 Å². The summed E-state index contributed by atoms with van der Waals surface area (Å²) in [6.07, 6.45) is 14.4. The Morgan fingerprint density at radius 3 is 2.62 bits per heavy atom. The van der Waals surface area contributed by atoms with E-state index in [1.54, 1.807) is 12.2 Å². The first-order valence-electron chi connectivity index (χ1n) is 11.0. The lowest BCUT2D eigenvalue weighted by Crippen LogP contribution is -2.22. The van der Waals surface area contributed by atoms with Crippen molar-refractivity contribution in [3.8, 4) is 11.1 Å². The number of fused-ring (bicyclic) bond motifs is 1. The first kappa shape index (κ1) is 22.9. The van der Waals surface area contributed by atoms with Crippen molar-refractivity contribution in [3.05, 3.63) is 97.9 Å². The van der Waals surface area contributed by atoms with Crippen LogP contribution in [0.15, 0.2) is 86.8 Å². The standard InChI is InChI=1S/C28H32N4/c1-6-10-12-21(11-7-2)27-19-31-28-26(27)17-24(18-30-28)23-14-22(15-25(29)16-23)20(5)32(9-4)13-8-3/h6-7,10-12,14-19H,1-2,5,8-9,13,29H2,3-4H3,(H,30,31)/b12-10-,21-11+. The third-order valence-electron chi connectivity index (χ3n) is 5.43. The van der Waals surface area contributed by atoms with Crippen LogP contribution in [0.5, 0.6) is 0 Å². The molecule has 0 radical (unpaired) electrons. The molecule has 0 fully saturated rings. The van der Waals surface area contributed by atoms with Crippen LogP contribution in [-0.2, 0) is 0 Å². The molecule has 3 N–H and O–H groups in total. The van der Waals surface area contributed by atoms with Crippen molar-refractivity contribution >= 4 is 28.0 Å². The molecule has 0 aliphatic carbocycles. The Morgan fingerprint density at radius 1 is 1.12 bits per heavy atom. The second kappa shape index (κ2) is 10.5. The minimum absolute atomic E-state index is 0.710. The van der Waals surface area contributed by atoms with Gasteiger partial charge in [-0.2, -0.15) is 0 Å². The van der Waals surface area contributed by atoms with E-state index in [0.29, 0.717) is 5.69 Å². The Kier molecular flexibility index (Phi) is 7.50. The summed E-state index contributed by atoms with van der Waals surface area (Å²) in [7, 11) is 0. The van der Waals surface area contributed by atoms with Crippen molar-refractivity contribution in [3.63, 3.8) is 0 Å². The van der Waals surface area contributed by atoms with Gasteiger partial charge in [0.15, 0.2) is 0 Å². The van der Waals surface area contributed by atoms with E-state index in [1.165, 1.54) is 0 Å². The highest BCUT2D eigenvalue weighted by atomic mass is 15.1. The molecule has 0 aliphatic heterocycles. The molecule has 4 nitrogen and oxygen atoms in total. The van der Waals surface area contributed by atoms with Gasteiger partial charge in [-0.05, 0) is 54.3 Å². The van der Waals surface area contributed by atoms with Crippen LogP contribution in [0.2, 0.25) is 0 Å². The number of hydrogen-bond acceptors (Lipinski definition) is 3. The maximum absolute atomic E-state index is 6.29. The lowest BCUT2D eigenvalue weighted by Gasteiger charge is -2.25. The van der Waals surface area contributed by atoms with Gasteiger partial charge in [0, 0.05) is 53.4 Å². The summed E-state index contributed by atoms with van der Waals surface area (Å²) in [5.74, 6) is 0. The maximum atomic E-state index is 6.29. The van der Waals surface area contributed by atoms with E-state index in [2.05, 4.69) is 60.6 Å². The van der Waals surface area contributed by atoms with Crippen molar-refractivity contribution in [2.24, 2.45) is 0 Å². The minimum Gasteiger partial charge on any atom is -0.399 e. The number of H-pyrrole nitrogens is 1. The van der Waals surface area contributed by atoms with E-state index in [0.717, 1.165) is 64.1 Å². The molecule has 0 unspecified atom stereocenters. The zero-order valence-electron chi connectivity index (χ0n) is 19.1. The molecule has 0 atom stereocenters. The molecule has 164 valence electrons. The van der Waals surface area contributed by atoms with Crippen LogP contribution in [0.1, 0.15) is 31.4 Å². The number of nitrogens with one attached hydrogen (secondary N) is 1. The van der Waals surface area contributed by atoms with Crippen LogP contribution in [0.3, 0.4) is 0 Å². The van der Waals surface area contributed by atoms with Crippen LogP contribution in [-0.4, -0.2) is 28.0 Å². The van der Waals surface area contributed by atoms with E-state index in [4.69, 9.17) is 5.73 Å². The molecule has 4 heteroatoms. The van der Waals surface area contributed by atoms with Crippen molar-refractivity contribution in [2.45, 2.75) is 20.3 Å². The largest absolute Gasteiger partial charge is 0.399 e. The summed E-state index contributed by atoms with van der Waals surface area (Å²) in [6, 6.07) is 8.27. The molecule has 2 heterocycles. The van der Waals surface area contributed by atoms with Gasteiger partial charge in [0.1, 0.15) is 5.65 Å². The topological polar surface area (TPSA) is 57.9 Å². The molecule has 0 spiro atoms. The molecule has 0 bridgehead atoms. The molecule has 0 saturated heterocycles. The fraction of sp³-hybridized carbons (Fsp3) is 0.179. The molecule has 0 amide bonds. The van der Waals surface area contributed by atoms with Gasteiger partial charge in [0.05, 0.1) is 0 Å². The zero-order chi connectivity index (χ0) is 23.1. The Morgan fingerprint density at radius 2 is 1.94 bits per heavy atom. The minimum atomic E-state index is 0.710. The van der Waals surface area contributed by atoms with Gasteiger partial charge < -0.3 is 15.6 Å². The fourth-order valence-corrected chi connectivity index (χ4v) is 3.86. The number of nitrogen functional groups attached to an aromatic ring is 1. The lowest BCUT2D eigenvalue weighted by atomic mass is 9.99. The van der Waals surface area contributed by atoms with E-state index in [-0.39, 0.29) is 0 Å². The number of allylic oxidation sites excluding steroid dienone is 6. The number of anilines is 1. The van der Waals surface area contributed by atoms with Gasteiger partial charge in [-0.3, -0.25) is 0 Å². The highest BCUT2D eigenvalue weighted by molar-refractivity contribution is 5.96. The molecule has 2 aromatic heterocycles. The van der Waals surface area contributed by atoms with Crippen molar-refractivity contribution in [1.82, 2.24) is 14.9 Å². The Bertz CT molecular complexity index is 1190. The van der Waals surface area contributed by atoms with E-state index in [9.17, 15) is 0 Å². The SMILES string of the molecule is C=C/C=C\C(=C/C=C)c1c[nH]c2ncc(-c3cc(N)cc(C(=C)N(CC)CCC)c3)cc12. The highest BCUT2D eigenvalue weighted by Gasteiger charge is 2.13. The average molecular weight is 425 g/mol. The molecule has 3 rings (SSSR count). The lowest BCUT2D eigenvalue weighted by molar-refractivity contribution is 0.418. The second-order valence-electron chi connectivity index (χ2n) is 7.65. The number of aromatic amines is 1. The van der Waals surface area contributed by atoms with Crippen LogP contribution < -0.4 is 5.73 Å². The second-order valence-corrected chi connectivity index (χ2v) is 7.65. The van der Waals surface area contributed by atoms with Crippen molar-refractivity contribution in [2.75, 3.05) is 18.8 Å². The first-order valence-corrected chi connectivity index (χ1v) is 11.0. The Balaban J connectivity index is 2.09. The maximum Gasteiger partial charge on any atom is 0.137 e. The summed E-state index contributed by atoms with van der Waals surface area (Å²) in [6.45, 7) is 18.2. The third-order valence-corrected chi connectivity index (χ3v) is 5.43. The number of aromatic nitrogens is 2. The van der Waals surface area contributed by atoms with E-state index >= 15 is 0 Å². The molecule has 0 saturated carbocycles. The van der Waals surface area contributed by atoms with Crippen molar-refractivity contribution < 1.29 is 0 Å². The summed E-state index contributed by atoms with van der Waals surface area (Å²) >= 11 is 0. The zero-order valence-corrected chi connectivity index (χ0v) is 19.1. The highest BCUT2D eigenvalue weighted by Crippen LogP contribution is 2.32. The number of rotatable bonds is 10. The number of nitrogens with zero attached hydrogens (tertiary/aromatic N) is 2. The summed E-state index contributed by atoms with van der Waals surface area (Å²) < 4.78 is 0. The predicted octanol–water partition coefficient (Wildman–Crippen LogP) is 6.83. The molecule has 1 aromatic carbocycles. The normalized spacial score (nSPS) is 11.8. The number of nitrogens with two attached hydrogens (primary N) is 1. The molecular formula is C28H32N4. The van der Waals surface area contributed by atoms with E-state index in [1.807, 2.05) is 42.8 Å². The van der Waals surface area contributed by atoms with Gasteiger partial charge in [0.2, 0.25) is 0 Å². The molecule has 0 aliphatic rings. The molecular weight excluding hydrogens is 392 g/mol. The number of benzene rings is 1. The van der Waals surface area contributed by atoms with Gasteiger partial charge >= 0.3 is 0 Å². The fourth-order valence-electron chi connectivity index (χ4n) is 3.86. The van der Waals surface area contributed by atoms with Gasteiger partial charge in [-0.1, -0.05) is 57.0 Å². The van der Waals surface area contributed by atoms with Crippen LogP contribution in [0.25, 0.3) is 33.4 Å². The third kappa shape index (κ3) is 4.92. The van der Waals surface area contributed by atoms with Gasteiger partial charge in [-0.25, -0.2) is 4.98 Å². The summed E-state index contributed by atoms with van der Waals surface area (Å²) in [5.41, 5.74) is 14.0. The van der Waals surface area contributed by atoms with Crippen LogP contribution >= 0.6 is 0 Å². The van der Waals surface area contributed by atoms with Gasteiger partial charge in [-0.15, -0.1) is 0 Å².